The van der Waals surface area contributed by atoms with E-state index in [1.54, 1.807) is 0 Å². The van der Waals surface area contributed by atoms with Gasteiger partial charge in [-0.05, 0) is 12.5 Å². The largest absolute Gasteiger partial charge is 0.479 e. The lowest BCUT2D eigenvalue weighted by atomic mass is 9.87. The van der Waals surface area contributed by atoms with Gasteiger partial charge in [0.05, 0.1) is 4.92 Å². The summed E-state index contributed by atoms with van der Waals surface area (Å²) in [5, 5.41) is 31.4. The Morgan fingerprint density at radius 3 is 2.23 bits per heavy atom. The highest BCUT2D eigenvalue weighted by atomic mass is 16.6. The van der Waals surface area contributed by atoms with Crippen molar-refractivity contribution in [1.29, 1.82) is 0 Å². The van der Waals surface area contributed by atoms with Crippen LogP contribution in [0.25, 0.3) is 0 Å². The second kappa shape index (κ2) is 6.20. The third-order valence-corrected chi connectivity index (χ3v) is 3.14. The molecule has 0 bridgehead atoms. The Balaban J connectivity index is 3.50. The van der Waals surface area contributed by atoms with Crippen LogP contribution in [0.5, 0.6) is 0 Å². The van der Waals surface area contributed by atoms with Crippen molar-refractivity contribution in [3.05, 3.63) is 39.4 Å². The van der Waals surface area contributed by atoms with Gasteiger partial charge >= 0.3 is 11.9 Å². The number of nitro groups is 1. The molecule has 22 heavy (non-hydrogen) atoms. The SMILES string of the molecule is CC(=O)NC(Cc1c(C)cccc1[N+](=O)[O-])(C(=O)O)C(=O)O. The van der Waals surface area contributed by atoms with Gasteiger partial charge in [-0.1, -0.05) is 12.1 Å². The van der Waals surface area contributed by atoms with Crippen LogP contribution in [0.1, 0.15) is 18.1 Å². The summed E-state index contributed by atoms with van der Waals surface area (Å²) in [6.45, 7) is 2.46. The summed E-state index contributed by atoms with van der Waals surface area (Å²) >= 11 is 0. The van der Waals surface area contributed by atoms with E-state index in [-0.39, 0.29) is 5.56 Å². The smallest absolute Gasteiger partial charge is 0.341 e. The van der Waals surface area contributed by atoms with Crippen LogP contribution in [0.2, 0.25) is 0 Å². The van der Waals surface area contributed by atoms with Crippen molar-refractivity contribution in [2.45, 2.75) is 25.8 Å². The molecule has 0 fully saturated rings. The second-order valence-electron chi connectivity index (χ2n) is 4.70. The number of hydrogen-bond donors (Lipinski definition) is 3. The molecule has 0 aliphatic rings. The first-order valence-electron chi connectivity index (χ1n) is 6.10. The molecule has 0 unspecified atom stereocenters. The first-order chi connectivity index (χ1) is 10.1. The molecular weight excluding hydrogens is 296 g/mol. The first kappa shape index (κ1) is 17.1. The zero-order valence-electron chi connectivity index (χ0n) is 11.8. The number of carbonyl (C=O) groups is 3. The minimum atomic E-state index is -2.68. The lowest BCUT2D eigenvalue weighted by Crippen LogP contribution is -2.61. The van der Waals surface area contributed by atoms with Crippen molar-refractivity contribution in [3.8, 4) is 0 Å². The minimum Gasteiger partial charge on any atom is -0.479 e. The molecule has 1 amide bonds. The fourth-order valence-corrected chi connectivity index (χ4v) is 2.05. The van der Waals surface area contributed by atoms with Crippen LogP contribution in [-0.2, 0) is 20.8 Å². The monoisotopic (exact) mass is 310 g/mol. The van der Waals surface area contributed by atoms with E-state index in [0.29, 0.717) is 5.56 Å². The van der Waals surface area contributed by atoms with Crippen LogP contribution in [-0.4, -0.2) is 38.5 Å². The fourth-order valence-electron chi connectivity index (χ4n) is 2.05. The number of aliphatic carboxylic acids is 2. The average molecular weight is 310 g/mol. The lowest BCUT2D eigenvalue weighted by Gasteiger charge is -2.26. The van der Waals surface area contributed by atoms with Gasteiger partial charge in [-0.3, -0.25) is 14.9 Å². The summed E-state index contributed by atoms with van der Waals surface area (Å²) < 4.78 is 0. The molecule has 0 radical (unpaired) electrons. The molecule has 0 atom stereocenters. The summed E-state index contributed by atoms with van der Waals surface area (Å²) in [6.07, 6.45) is -0.750. The number of nitrogens with zero attached hydrogens (tertiary/aromatic N) is 1. The normalized spacial score (nSPS) is 10.8. The van der Waals surface area contributed by atoms with Gasteiger partial charge < -0.3 is 15.5 Å². The number of carboxylic acid groups (broad SMARTS) is 2. The third kappa shape index (κ3) is 3.19. The molecule has 0 heterocycles. The summed E-state index contributed by atoms with van der Waals surface area (Å²) in [5.41, 5.74) is -2.79. The molecule has 0 saturated heterocycles. The van der Waals surface area contributed by atoms with Gasteiger partial charge in [0.15, 0.2) is 0 Å². The second-order valence-corrected chi connectivity index (χ2v) is 4.70. The number of carboxylic acids is 2. The molecule has 0 aromatic heterocycles. The number of carbonyl (C=O) groups excluding carboxylic acids is 1. The number of nitrogens with one attached hydrogen (secondary N) is 1. The molecule has 3 N–H and O–H groups in total. The number of hydrogen-bond acceptors (Lipinski definition) is 5. The zero-order valence-corrected chi connectivity index (χ0v) is 11.8. The maximum atomic E-state index is 11.4. The highest BCUT2D eigenvalue weighted by Crippen LogP contribution is 2.27. The molecule has 0 saturated carbocycles. The van der Waals surface area contributed by atoms with Gasteiger partial charge in [0.2, 0.25) is 11.4 Å². The third-order valence-electron chi connectivity index (χ3n) is 3.14. The van der Waals surface area contributed by atoms with Crippen molar-refractivity contribution in [2.75, 3.05) is 0 Å². The molecule has 0 aliphatic carbocycles. The van der Waals surface area contributed by atoms with Crippen LogP contribution in [0.15, 0.2) is 18.2 Å². The Bertz CT molecular complexity index is 640. The lowest BCUT2D eigenvalue weighted by molar-refractivity contribution is -0.385. The molecule has 9 nitrogen and oxygen atoms in total. The van der Waals surface area contributed by atoms with E-state index < -0.39 is 40.4 Å². The van der Waals surface area contributed by atoms with Gasteiger partial charge in [-0.2, -0.15) is 0 Å². The highest BCUT2D eigenvalue weighted by Gasteiger charge is 2.49. The zero-order chi connectivity index (χ0) is 17.1. The highest BCUT2D eigenvalue weighted by molar-refractivity contribution is 6.06. The molecule has 9 heteroatoms. The summed E-state index contributed by atoms with van der Waals surface area (Å²) in [5.74, 6) is -4.50. The topological polar surface area (TPSA) is 147 Å². The van der Waals surface area contributed by atoms with Gasteiger partial charge in [0.25, 0.3) is 5.69 Å². The molecule has 0 aliphatic heterocycles. The van der Waals surface area contributed by atoms with Crippen LogP contribution in [0.4, 0.5) is 5.69 Å². The fraction of sp³-hybridized carbons (Fsp3) is 0.308. The van der Waals surface area contributed by atoms with Crippen molar-refractivity contribution in [1.82, 2.24) is 5.32 Å². The quantitative estimate of drug-likeness (QED) is 0.393. The Morgan fingerprint density at radius 2 is 1.82 bits per heavy atom. The van der Waals surface area contributed by atoms with Crippen molar-refractivity contribution < 1.29 is 29.5 Å². The van der Waals surface area contributed by atoms with Crippen molar-refractivity contribution in [3.63, 3.8) is 0 Å². The van der Waals surface area contributed by atoms with E-state index in [1.165, 1.54) is 19.1 Å². The number of aryl methyl sites for hydroxylation is 1. The Hall–Kier alpha value is -2.97. The van der Waals surface area contributed by atoms with E-state index in [9.17, 15) is 34.7 Å². The van der Waals surface area contributed by atoms with Crippen molar-refractivity contribution in [2.24, 2.45) is 0 Å². The summed E-state index contributed by atoms with van der Waals surface area (Å²) in [4.78, 5) is 44.4. The van der Waals surface area contributed by atoms with E-state index in [4.69, 9.17) is 0 Å². The van der Waals surface area contributed by atoms with E-state index in [1.807, 2.05) is 5.32 Å². The molecule has 1 aromatic rings. The van der Waals surface area contributed by atoms with Crippen molar-refractivity contribution >= 4 is 23.5 Å². The predicted molar refractivity (Wildman–Crippen MR) is 73.4 cm³/mol. The van der Waals surface area contributed by atoms with Crippen LogP contribution < -0.4 is 5.32 Å². The van der Waals surface area contributed by atoms with Gasteiger partial charge in [0.1, 0.15) is 0 Å². The maximum Gasteiger partial charge on any atom is 0.341 e. The standard InChI is InChI=1S/C13H14N2O7/c1-7-4-3-5-10(15(21)22)9(7)6-13(11(17)18,12(19)20)14-8(2)16/h3-5H,6H2,1-2H3,(H,14,16)(H,17,18)(H,19,20). The van der Waals surface area contributed by atoms with E-state index >= 15 is 0 Å². The van der Waals surface area contributed by atoms with Gasteiger partial charge in [-0.25, -0.2) is 9.59 Å². The molecular formula is C13H14N2O7. The van der Waals surface area contributed by atoms with Gasteiger partial charge in [-0.15, -0.1) is 0 Å². The minimum absolute atomic E-state index is 0.0638. The number of nitro benzene ring substituents is 1. The summed E-state index contributed by atoms with van der Waals surface area (Å²) in [6, 6.07) is 4.04. The first-order valence-corrected chi connectivity index (χ1v) is 6.10. The Morgan fingerprint density at radius 1 is 1.27 bits per heavy atom. The van der Waals surface area contributed by atoms with Crippen LogP contribution in [0, 0.1) is 17.0 Å². The maximum absolute atomic E-state index is 11.4. The molecule has 1 aromatic carbocycles. The molecule has 118 valence electrons. The summed E-state index contributed by atoms with van der Waals surface area (Å²) in [7, 11) is 0. The Kier molecular flexibility index (Phi) is 4.82. The Labute approximate surface area is 124 Å². The number of benzene rings is 1. The van der Waals surface area contributed by atoms with Crippen LogP contribution in [0.3, 0.4) is 0 Å². The molecule has 1 rings (SSSR count). The van der Waals surface area contributed by atoms with E-state index in [2.05, 4.69) is 0 Å². The van der Waals surface area contributed by atoms with Gasteiger partial charge in [0, 0.05) is 25.0 Å². The number of amides is 1. The van der Waals surface area contributed by atoms with E-state index in [0.717, 1.165) is 13.0 Å². The number of rotatable bonds is 6. The average Bonchev–Trinajstić information content (AvgIpc) is 2.38. The van der Waals surface area contributed by atoms with Crippen LogP contribution >= 0.6 is 0 Å². The predicted octanol–water partition coefficient (Wildman–Crippen LogP) is 0.490. The molecule has 0 spiro atoms.